The zero-order valence-electron chi connectivity index (χ0n) is 11.7. The van der Waals surface area contributed by atoms with Gasteiger partial charge in [-0.2, -0.15) is 0 Å². The van der Waals surface area contributed by atoms with Crippen molar-refractivity contribution in [2.24, 2.45) is 0 Å². The Balaban J connectivity index is 1.86. The average molecular weight is 302 g/mol. The Morgan fingerprint density at radius 1 is 1.43 bits per heavy atom. The molecule has 4 nitrogen and oxygen atoms in total. The Morgan fingerprint density at radius 2 is 2.29 bits per heavy atom. The van der Waals surface area contributed by atoms with Crippen molar-refractivity contribution in [3.8, 4) is 0 Å². The third-order valence-electron chi connectivity index (χ3n) is 2.81. The van der Waals surface area contributed by atoms with Crippen molar-refractivity contribution in [2.75, 3.05) is 0 Å². The summed E-state index contributed by atoms with van der Waals surface area (Å²) in [7, 11) is 0. The van der Waals surface area contributed by atoms with Crippen LogP contribution >= 0.6 is 11.6 Å². The number of hydrogen-bond acceptors (Lipinski definition) is 3. The highest BCUT2D eigenvalue weighted by molar-refractivity contribution is 6.30. The number of aromatic nitrogens is 2. The van der Waals surface area contributed by atoms with Gasteiger partial charge in [-0.15, -0.1) is 0 Å². The van der Waals surface area contributed by atoms with Crippen molar-refractivity contribution in [3.05, 3.63) is 65.2 Å². The van der Waals surface area contributed by atoms with E-state index in [1.807, 2.05) is 31.2 Å². The van der Waals surface area contributed by atoms with Crippen LogP contribution in [0.15, 0.2) is 48.9 Å². The number of carbonyl (C=O) groups excluding carboxylic acids is 1. The molecule has 1 atom stereocenters. The molecule has 0 spiro atoms. The van der Waals surface area contributed by atoms with E-state index in [1.165, 1.54) is 6.08 Å². The lowest BCUT2D eigenvalue weighted by Gasteiger charge is -2.12. The number of carbonyl (C=O) groups is 1. The van der Waals surface area contributed by atoms with Crippen LogP contribution in [0.1, 0.15) is 18.2 Å². The van der Waals surface area contributed by atoms with Crippen LogP contribution in [0, 0.1) is 0 Å². The molecule has 0 saturated heterocycles. The van der Waals surface area contributed by atoms with Gasteiger partial charge < -0.3 is 5.32 Å². The van der Waals surface area contributed by atoms with Gasteiger partial charge in [-0.05, 0) is 37.1 Å². The average Bonchev–Trinajstić information content (AvgIpc) is 2.46. The second-order valence-electron chi connectivity index (χ2n) is 4.71. The van der Waals surface area contributed by atoms with E-state index >= 15 is 0 Å². The molecule has 1 N–H and O–H groups in total. The second kappa shape index (κ2) is 7.55. The van der Waals surface area contributed by atoms with Gasteiger partial charge in [0, 0.05) is 29.5 Å². The van der Waals surface area contributed by atoms with Crippen molar-refractivity contribution in [1.82, 2.24) is 15.3 Å². The highest BCUT2D eigenvalue weighted by atomic mass is 35.5. The summed E-state index contributed by atoms with van der Waals surface area (Å²) in [6, 6.07) is 7.64. The number of rotatable bonds is 5. The van der Waals surface area contributed by atoms with Crippen LogP contribution in [0.5, 0.6) is 0 Å². The van der Waals surface area contributed by atoms with Crippen LogP contribution in [0.4, 0.5) is 0 Å². The molecule has 5 heteroatoms. The molecule has 0 bridgehead atoms. The minimum absolute atomic E-state index is 0.0162. The van der Waals surface area contributed by atoms with Crippen LogP contribution in [0.2, 0.25) is 5.02 Å². The molecule has 0 aliphatic rings. The fraction of sp³-hybridized carbons (Fsp3) is 0.188. The molecule has 0 aliphatic carbocycles. The van der Waals surface area contributed by atoms with E-state index in [4.69, 9.17) is 11.6 Å². The summed E-state index contributed by atoms with van der Waals surface area (Å²) in [5, 5.41) is 3.60. The molecule has 0 radical (unpaired) electrons. The Hall–Kier alpha value is -2.20. The molecule has 2 rings (SSSR count). The lowest BCUT2D eigenvalue weighted by Crippen LogP contribution is -2.32. The summed E-state index contributed by atoms with van der Waals surface area (Å²) < 4.78 is 0. The first-order valence-corrected chi connectivity index (χ1v) is 7.00. The Labute approximate surface area is 128 Å². The maximum atomic E-state index is 11.8. The summed E-state index contributed by atoms with van der Waals surface area (Å²) in [6.45, 7) is 1.95. The first-order chi connectivity index (χ1) is 10.1. The van der Waals surface area contributed by atoms with Crippen LogP contribution in [0.3, 0.4) is 0 Å². The number of nitrogens with one attached hydrogen (secondary N) is 1. The Kier molecular flexibility index (Phi) is 5.46. The molecule has 108 valence electrons. The summed E-state index contributed by atoms with van der Waals surface area (Å²) in [5.41, 5.74) is 1.74. The highest BCUT2D eigenvalue weighted by Gasteiger charge is 2.06. The molecular formula is C16H16ClN3O. The topological polar surface area (TPSA) is 54.9 Å². The molecule has 1 amide bonds. The van der Waals surface area contributed by atoms with E-state index in [9.17, 15) is 4.79 Å². The van der Waals surface area contributed by atoms with Gasteiger partial charge in [0.25, 0.3) is 0 Å². The van der Waals surface area contributed by atoms with Gasteiger partial charge in [-0.3, -0.25) is 14.8 Å². The molecule has 0 aliphatic heterocycles. The summed E-state index contributed by atoms with van der Waals surface area (Å²) in [4.78, 5) is 19.8. The van der Waals surface area contributed by atoms with Crippen LogP contribution in [-0.4, -0.2) is 21.9 Å². The fourth-order valence-corrected chi connectivity index (χ4v) is 2.13. The van der Waals surface area contributed by atoms with Crippen molar-refractivity contribution in [3.63, 3.8) is 0 Å². The molecule has 0 fully saturated rings. The van der Waals surface area contributed by atoms with Gasteiger partial charge in [0.2, 0.25) is 5.91 Å². The van der Waals surface area contributed by atoms with Crippen LogP contribution in [-0.2, 0) is 11.2 Å². The van der Waals surface area contributed by atoms with E-state index in [1.54, 1.807) is 24.7 Å². The zero-order valence-corrected chi connectivity index (χ0v) is 12.4. The number of benzene rings is 1. The Bertz CT molecular complexity index is 628. The molecular weight excluding hydrogens is 286 g/mol. The molecule has 2 aromatic rings. The first kappa shape index (κ1) is 15.2. The van der Waals surface area contributed by atoms with Crippen molar-refractivity contribution >= 4 is 23.6 Å². The third kappa shape index (κ3) is 5.36. The molecule has 0 saturated carbocycles. The van der Waals surface area contributed by atoms with Crippen molar-refractivity contribution in [1.29, 1.82) is 0 Å². The quantitative estimate of drug-likeness (QED) is 0.864. The standard InChI is InChI=1S/C16H16ClN3O/c1-12(9-13-3-2-4-14(17)10-13)20-16(21)6-5-15-11-18-7-8-19-15/h2-8,10-12H,9H2,1H3,(H,20,21)/b6-5+. The maximum absolute atomic E-state index is 11.8. The number of nitrogens with zero attached hydrogens (tertiary/aromatic N) is 2. The fourth-order valence-electron chi connectivity index (χ4n) is 1.92. The third-order valence-corrected chi connectivity index (χ3v) is 3.04. The van der Waals surface area contributed by atoms with E-state index < -0.39 is 0 Å². The monoisotopic (exact) mass is 301 g/mol. The van der Waals surface area contributed by atoms with E-state index in [2.05, 4.69) is 15.3 Å². The maximum Gasteiger partial charge on any atom is 0.244 e. The number of amides is 1. The van der Waals surface area contributed by atoms with Gasteiger partial charge in [-0.1, -0.05) is 23.7 Å². The number of hydrogen-bond donors (Lipinski definition) is 1. The SMILES string of the molecule is CC(Cc1cccc(Cl)c1)NC(=O)/C=C/c1cnccn1. The predicted octanol–water partition coefficient (Wildman–Crippen LogP) is 2.89. The van der Waals surface area contributed by atoms with Gasteiger partial charge >= 0.3 is 0 Å². The van der Waals surface area contributed by atoms with Gasteiger partial charge in [0.15, 0.2) is 0 Å². The molecule has 1 aromatic carbocycles. The minimum Gasteiger partial charge on any atom is -0.350 e. The van der Waals surface area contributed by atoms with Crippen molar-refractivity contribution in [2.45, 2.75) is 19.4 Å². The summed E-state index contributed by atoms with van der Waals surface area (Å²) >= 11 is 5.94. The van der Waals surface area contributed by atoms with Crippen LogP contribution in [0.25, 0.3) is 6.08 Å². The summed E-state index contributed by atoms with van der Waals surface area (Å²) in [5.74, 6) is -0.157. The Morgan fingerprint density at radius 3 is 3.00 bits per heavy atom. The van der Waals surface area contributed by atoms with Gasteiger partial charge in [-0.25, -0.2) is 0 Å². The largest absolute Gasteiger partial charge is 0.350 e. The molecule has 1 aromatic heterocycles. The normalized spacial score (nSPS) is 12.3. The second-order valence-corrected chi connectivity index (χ2v) is 5.14. The minimum atomic E-state index is -0.157. The molecule has 1 unspecified atom stereocenters. The molecule has 1 heterocycles. The first-order valence-electron chi connectivity index (χ1n) is 6.62. The van der Waals surface area contributed by atoms with E-state index in [0.717, 1.165) is 12.0 Å². The smallest absolute Gasteiger partial charge is 0.244 e. The van der Waals surface area contributed by atoms with Crippen LogP contribution < -0.4 is 5.32 Å². The van der Waals surface area contributed by atoms with Crippen molar-refractivity contribution < 1.29 is 4.79 Å². The van der Waals surface area contributed by atoms with E-state index in [0.29, 0.717) is 10.7 Å². The lowest BCUT2D eigenvalue weighted by molar-refractivity contribution is -0.117. The zero-order chi connectivity index (χ0) is 15.1. The number of halogens is 1. The molecule has 21 heavy (non-hydrogen) atoms. The van der Waals surface area contributed by atoms with Gasteiger partial charge in [0.1, 0.15) is 0 Å². The highest BCUT2D eigenvalue weighted by Crippen LogP contribution is 2.12. The predicted molar refractivity (Wildman–Crippen MR) is 83.8 cm³/mol. The van der Waals surface area contributed by atoms with Gasteiger partial charge in [0.05, 0.1) is 11.9 Å². The van der Waals surface area contributed by atoms with E-state index in [-0.39, 0.29) is 11.9 Å². The lowest BCUT2D eigenvalue weighted by atomic mass is 10.1. The summed E-state index contributed by atoms with van der Waals surface area (Å²) in [6.07, 6.45) is 8.58.